The number of carbonyl (C=O) groups is 3. The predicted molar refractivity (Wildman–Crippen MR) is 109 cm³/mol. The van der Waals surface area contributed by atoms with Gasteiger partial charge in [0.15, 0.2) is 0 Å². The highest BCUT2D eigenvalue weighted by molar-refractivity contribution is 6.19. The summed E-state index contributed by atoms with van der Waals surface area (Å²) in [6, 6.07) is 7.69. The zero-order valence-corrected chi connectivity index (χ0v) is 16.6. The van der Waals surface area contributed by atoms with Gasteiger partial charge in [-0.15, -0.1) is 0 Å². The van der Waals surface area contributed by atoms with Gasteiger partial charge in [-0.1, -0.05) is 24.3 Å². The number of rotatable bonds is 5. The number of imide groups is 1. The van der Waals surface area contributed by atoms with Gasteiger partial charge in [-0.05, 0) is 37.5 Å². The molecule has 0 aromatic heterocycles. The van der Waals surface area contributed by atoms with Crippen LogP contribution in [0, 0.1) is 6.92 Å². The van der Waals surface area contributed by atoms with Crippen LogP contribution in [0.2, 0.25) is 0 Å². The van der Waals surface area contributed by atoms with Crippen LogP contribution in [-0.4, -0.2) is 47.7 Å². The summed E-state index contributed by atoms with van der Waals surface area (Å²) in [5.74, 6) is -0.879. The molecular formula is C21H25N5O3. The second kappa shape index (κ2) is 8.22. The lowest BCUT2D eigenvalue weighted by atomic mass is 10.0. The first-order chi connectivity index (χ1) is 13.8. The number of carbonyl (C=O) groups excluding carboxylic acids is 3. The van der Waals surface area contributed by atoms with Crippen LogP contribution in [0.3, 0.4) is 0 Å². The molecule has 1 aromatic carbocycles. The molecule has 29 heavy (non-hydrogen) atoms. The third kappa shape index (κ3) is 4.16. The lowest BCUT2D eigenvalue weighted by Crippen LogP contribution is -2.41. The van der Waals surface area contributed by atoms with Crippen LogP contribution in [-0.2, 0) is 14.4 Å². The normalized spacial score (nSPS) is 17.7. The Kier molecular flexibility index (Phi) is 5.72. The highest BCUT2D eigenvalue weighted by Gasteiger charge is 2.40. The molecule has 3 amide bonds. The van der Waals surface area contributed by atoms with Crippen molar-refractivity contribution in [3.05, 3.63) is 64.6 Å². The fraction of sp³-hybridized carbons (Fsp3) is 0.286. The molecule has 0 atom stereocenters. The van der Waals surface area contributed by atoms with Gasteiger partial charge < -0.3 is 21.7 Å². The standard InChI is InChI=1S/C21H25N5O3/c1-13-6-3-4-7-14(13)16(22)9-10-17(23)24-18(27)12-26-11-5-8-15-19(26)21(29)25(2)20(15)28/h3-4,6-7,9-10H,5,8,11-12,22-23H2,1-2H3,(H,24,27)/b16-9-,17-10+. The summed E-state index contributed by atoms with van der Waals surface area (Å²) in [4.78, 5) is 39.6. The molecule has 0 saturated heterocycles. The molecule has 3 rings (SSSR count). The summed E-state index contributed by atoms with van der Waals surface area (Å²) >= 11 is 0. The Morgan fingerprint density at radius 2 is 1.90 bits per heavy atom. The molecule has 0 aliphatic carbocycles. The molecule has 2 aliphatic rings. The summed E-state index contributed by atoms with van der Waals surface area (Å²) in [7, 11) is 1.45. The molecule has 2 heterocycles. The van der Waals surface area contributed by atoms with Gasteiger partial charge >= 0.3 is 0 Å². The van der Waals surface area contributed by atoms with E-state index in [2.05, 4.69) is 5.32 Å². The lowest BCUT2D eigenvalue weighted by Gasteiger charge is -2.28. The van der Waals surface area contributed by atoms with Gasteiger partial charge in [0, 0.05) is 30.4 Å². The molecule has 0 fully saturated rings. The average Bonchev–Trinajstić information content (AvgIpc) is 2.91. The monoisotopic (exact) mass is 395 g/mol. The summed E-state index contributed by atoms with van der Waals surface area (Å²) < 4.78 is 0. The Bertz CT molecular complexity index is 961. The van der Waals surface area contributed by atoms with Gasteiger partial charge in [0.2, 0.25) is 5.91 Å². The van der Waals surface area contributed by atoms with Crippen molar-refractivity contribution in [2.75, 3.05) is 20.1 Å². The van der Waals surface area contributed by atoms with Crippen LogP contribution in [0.5, 0.6) is 0 Å². The van der Waals surface area contributed by atoms with Gasteiger partial charge in [0.05, 0.1) is 6.54 Å². The van der Waals surface area contributed by atoms with E-state index < -0.39 is 0 Å². The van der Waals surface area contributed by atoms with Crippen LogP contribution in [0.4, 0.5) is 0 Å². The molecule has 0 radical (unpaired) electrons. The van der Waals surface area contributed by atoms with Crippen LogP contribution >= 0.6 is 0 Å². The first-order valence-electron chi connectivity index (χ1n) is 9.39. The number of hydrogen-bond donors (Lipinski definition) is 3. The lowest BCUT2D eigenvalue weighted by molar-refractivity contribution is -0.136. The number of nitrogens with one attached hydrogen (secondary N) is 1. The highest BCUT2D eigenvalue weighted by Crippen LogP contribution is 2.30. The van der Waals surface area contributed by atoms with Crippen molar-refractivity contribution in [2.24, 2.45) is 11.5 Å². The van der Waals surface area contributed by atoms with Gasteiger partial charge in [0.25, 0.3) is 11.8 Å². The number of benzene rings is 1. The largest absolute Gasteiger partial charge is 0.398 e. The molecule has 5 N–H and O–H groups in total. The van der Waals surface area contributed by atoms with E-state index >= 15 is 0 Å². The molecule has 152 valence electrons. The van der Waals surface area contributed by atoms with Crippen molar-refractivity contribution in [1.82, 2.24) is 15.1 Å². The average molecular weight is 395 g/mol. The van der Waals surface area contributed by atoms with Crippen molar-refractivity contribution >= 4 is 23.4 Å². The van der Waals surface area contributed by atoms with Gasteiger partial charge in [-0.25, -0.2) is 0 Å². The molecular weight excluding hydrogens is 370 g/mol. The van der Waals surface area contributed by atoms with Gasteiger partial charge in [-0.2, -0.15) is 0 Å². The second-order valence-corrected chi connectivity index (χ2v) is 7.13. The third-order valence-corrected chi connectivity index (χ3v) is 5.04. The van der Waals surface area contributed by atoms with Crippen molar-refractivity contribution in [2.45, 2.75) is 19.8 Å². The SMILES string of the molecule is Cc1ccccc1/C(N)=C/C=C(\N)NC(=O)CN1CCCC2=C1C(=O)N(C)C2=O. The summed E-state index contributed by atoms with van der Waals surface area (Å²) in [5.41, 5.74) is 15.2. The van der Waals surface area contributed by atoms with E-state index in [0.29, 0.717) is 36.4 Å². The van der Waals surface area contributed by atoms with Crippen LogP contribution < -0.4 is 16.8 Å². The number of nitrogens with zero attached hydrogens (tertiary/aromatic N) is 2. The Morgan fingerprint density at radius 3 is 2.62 bits per heavy atom. The molecule has 8 nitrogen and oxygen atoms in total. The molecule has 1 aromatic rings. The van der Waals surface area contributed by atoms with Crippen molar-refractivity contribution < 1.29 is 14.4 Å². The van der Waals surface area contributed by atoms with Crippen molar-refractivity contribution in [3.63, 3.8) is 0 Å². The van der Waals surface area contributed by atoms with E-state index in [1.165, 1.54) is 13.1 Å². The van der Waals surface area contributed by atoms with E-state index in [1.807, 2.05) is 31.2 Å². The number of nitrogens with two attached hydrogens (primary N) is 2. The molecule has 0 unspecified atom stereocenters. The van der Waals surface area contributed by atoms with Crippen molar-refractivity contribution in [3.8, 4) is 0 Å². The van der Waals surface area contributed by atoms with Crippen LogP contribution in [0.15, 0.2) is 53.5 Å². The minimum atomic E-state index is -0.370. The fourth-order valence-corrected chi connectivity index (χ4v) is 3.53. The Balaban J connectivity index is 1.65. The minimum absolute atomic E-state index is 0.0583. The number of allylic oxidation sites excluding steroid dienone is 2. The smallest absolute Gasteiger partial charge is 0.277 e. The van der Waals surface area contributed by atoms with Gasteiger partial charge in [0.1, 0.15) is 11.5 Å². The van der Waals surface area contributed by atoms with Crippen LogP contribution in [0.1, 0.15) is 24.0 Å². The topological polar surface area (TPSA) is 122 Å². The quantitative estimate of drug-likeness (QED) is 0.495. The molecule has 8 heteroatoms. The maximum absolute atomic E-state index is 12.4. The van der Waals surface area contributed by atoms with E-state index in [1.54, 1.807) is 11.0 Å². The zero-order chi connectivity index (χ0) is 21.1. The zero-order valence-electron chi connectivity index (χ0n) is 16.6. The number of likely N-dealkylation sites (N-methyl/N-ethyl adjacent to an activating group) is 1. The number of amides is 3. The molecule has 2 aliphatic heterocycles. The predicted octanol–water partition coefficient (Wildman–Crippen LogP) is 0.559. The third-order valence-electron chi connectivity index (χ3n) is 5.04. The fourth-order valence-electron chi connectivity index (χ4n) is 3.53. The van der Waals surface area contributed by atoms with E-state index in [-0.39, 0.29) is 30.1 Å². The molecule has 0 spiro atoms. The Hall–Kier alpha value is -3.55. The van der Waals surface area contributed by atoms with Crippen LogP contribution in [0.25, 0.3) is 5.70 Å². The summed E-state index contributed by atoms with van der Waals surface area (Å²) in [6.07, 6.45) is 4.42. The number of hydrogen-bond acceptors (Lipinski definition) is 6. The van der Waals surface area contributed by atoms with Gasteiger partial charge in [-0.3, -0.25) is 19.3 Å². The minimum Gasteiger partial charge on any atom is -0.398 e. The summed E-state index contributed by atoms with van der Waals surface area (Å²) in [5, 5.41) is 2.59. The summed E-state index contributed by atoms with van der Waals surface area (Å²) in [6.45, 7) is 2.43. The molecule has 0 bridgehead atoms. The maximum Gasteiger partial charge on any atom is 0.277 e. The first kappa shape index (κ1) is 20.2. The Labute approximate surface area is 169 Å². The highest BCUT2D eigenvalue weighted by atomic mass is 16.2. The van der Waals surface area contributed by atoms with E-state index in [0.717, 1.165) is 16.0 Å². The second-order valence-electron chi connectivity index (χ2n) is 7.13. The molecule has 0 saturated carbocycles. The maximum atomic E-state index is 12.4. The van der Waals surface area contributed by atoms with Crippen molar-refractivity contribution in [1.29, 1.82) is 0 Å². The Morgan fingerprint density at radius 1 is 1.17 bits per heavy atom. The number of aryl methyl sites for hydroxylation is 1. The van der Waals surface area contributed by atoms with E-state index in [9.17, 15) is 14.4 Å². The van der Waals surface area contributed by atoms with E-state index in [4.69, 9.17) is 11.5 Å². The first-order valence-corrected chi connectivity index (χ1v) is 9.39.